The van der Waals surface area contributed by atoms with E-state index in [1.165, 1.54) is 0 Å². The maximum absolute atomic E-state index is 8.48. The number of aliphatic hydroxyl groups excluding tert-OH is 1. The summed E-state index contributed by atoms with van der Waals surface area (Å²) in [4.78, 5) is 2.30. The van der Waals surface area contributed by atoms with Crippen LogP contribution in [0.15, 0.2) is 0 Å². The van der Waals surface area contributed by atoms with Crippen molar-refractivity contribution >= 4 is 0 Å². The van der Waals surface area contributed by atoms with Crippen LogP contribution in [0.1, 0.15) is 34.1 Å². The van der Waals surface area contributed by atoms with Gasteiger partial charge in [0.25, 0.3) is 0 Å². The zero-order chi connectivity index (χ0) is 9.11. The third-order valence-electron chi connectivity index (χ3n) is 1.53. The van der Waals surface area contributed by atoms with Gasteiger partial charge in [-0.15, -0.1) is 0 Å². The lowest BCUT2D eigenvalue weighted by molar-refractivity contribution is 0.236. The highest BCUT2D eigenvalue weighted by Gasteiger charge is 1.95. The molecule has 0 aromatic heterocycles. The molecule has 0 saturated heterocycles. The second-order valence-corrected chi connectivity index (χ2v) is 2.10. The summed E-state index contributed by atoms with van der Waals surface area (Å²) < 4.78 is 0. The van der Waals surface area contributed by atoms with Crippen molar-refractivity contribution in [3.63, 3.8) is 0 Å². The van der Waals surface area contributed by atoms with Gasteiger partial charge in [0.15, 0.2) is 0 Å². The van der Waals surface area contributed by atoms with Crippen molar-refractivity contribution in [1.29, 1.82) is 0 Å². The Morgan fingerprint density at radius 3 is 1.82 bits per heavy atom. The number of hydrogen-bond acceptors (Lipinski definition) is 2. The third-order valence-corrected chi connectivity index (χ3v) is 1.53. The maximum Gasteiger partial charge on any atom is 0.0443 e. The van der Waals surface area contributed by atoms with Crippen LogP contribution in [-0.2, 0) is 0 Å². The molecule has 0 atom stereocenters. The topological polar surface area (TPSA) is 23.5 Å². The predicted octanol–water partition coefficient (Wildman–Crippen LogP) is 1.74. The Bertz CT molecular complexity index is 53.5. The Morgan fingerprint density at radius 2 is 1.55 bits per heavy atom. The smallest absolute Gasteiger partial charge is 0.0443 e. The molecule has 0 amide bonds. The lowest BCUT2D eigenvalue weighted by Gasteiger charge is -2.16. The van der Waals surface area contributed by atoms with Gasteiger partial charge in [-0.1, -0.05) is 27.7 Å². The first-order valence-corrected chi connectivity index (χ1v) is 4.68. The highest BCUT2D eigenvalue weighted by molar-refractivity contribution is 4.49. The van der Waals surface area contributed by atoms with Crippen molar-refractivity contribution in [3.8, 4) is 0 Å². The molecule has 1 N–H and O–H groups in total. The van der Waals surface area contributed by atoms with Gasteiger partial charge in [0.2, 0.25) is 0 Å². The van der Waals surface area contributed by atoms with Crippen LogP contribution in [-0.4, -0.2) is 36.2 Å². The normalized spacial score (nSPS) is 9.27. The number of aliphatic hydroxyl groups is 1. The molecule has 0 aliphatic heterocycles. The van der Waals surface area contributed by atoms with E-state index in [4.69, 9.17) is 5.11 Å². The molecule has 2 nitrogen and oxygen atoms in total. The van der Waals surface area contributed by atoms with E-state index in [2.05, 4.69) is 18.7 Å². The lowest BCUT2D eigenvalue weighted by Crippen LogP contribution is -2.24. The Morgan fingerprint density at radius 1 is 1.09 bits per heavy atom. The first-order valence-electron chi connectivity index (χ1n) is 4.68. The van der Waals surface area contributed by atoms with Crippen molar-refractivity contribution < 1.29 is 5.11 Å². The molecule has 70 valence electrons. The average molecular weight is 161 g/mol. The van der Waals surface area contributed by atoms with Crippen LogP contribution in [0.2, 0.25) is 0 Å². The molecule has 0 heterocycles. The van der Waals surface area contributed by atoms with E-state index in [-0.39, 0.29) is 0 Å². The first-order chi connectivity index (χ1) is 5.35. The van der Waals surface area contributed by atoms with Crippen LogP contribution < -0.4 is 0 Å². The summed E-state index contributed by atoms with van der Waals surface area (Å²) in [6, 6.07) is 0. The molecule has 0 aromatic rings. The Kier molecular flexibility index (Phi) is 15.4. The zero-order valence-corrected chi connectivity index (χ0v) is 8.43. The summed E-state index contributed by atoms with van der Waals surface area (Å²) in [5.41, 5.74) is 0. The molecule has 0 rings (SSSR count). The third kappa shape index (κ3) is 9.92. The van der Waals surface area contributed by atoms with Crippen LogP contribution in [0.5, 0.6) is 0 Å². The largest absolute Gasteiger partial charge is 0.396 e. The second-order valence-electron chi connectivity index (χ2n) is 2.10. The van der Waals surface area contributed by atoms with E-state index < -0.39 is 0 Å². The minimum absolute atomic E-state index is 0.316. The monoisotopic (exact) mass is 161 g/mol. The fourth-order valence-corrected chi connectivity index (χ4v) is 0.834. The summed E-state index contributed by atoms with van der Waals surface area (Å²) in [6.07, 6.45) is 0.904. The Hall–Kier alpha value is -0.0800. The highest BCUT2D eigenvalue weighted by Crippen LogP contribution is 1.88. The summed E-state index contributed by atoms with van der Waals surface area (Å²) >= 11 is 0. The summed E-state index contributed by atoms with van der Waals surface area (Å²) in [5.74, 6) is 0. The van der Waals surface area contributed by atoms with Gasteiger partial charge in [-0.05, 0) is 19.5 Å². The standard InChI is InChI=1S/C7H17NO.C2H6/c1-3-8(4-2)6-5-7-9;1-2/h9H,3-7H2,1-2H3;1-2H3. The second kappa shape index (κ2) is 12.6. The van der Waals surface area contributed by atoms with E-state index in [9.17, 15) is 0 Å². The van der Waals surface area contributed by atoms with E-state index in [1.54, 1.807) is 0 Å². The highest BCUT2D eigenvalue weighted by atomic mass is 16.3. The fraction of sp³-hybridized carbons (Fsp3) is 1.00. The van der Waals surface area contributed by atoms with Crippen molar-refractivity contribution in [2.24, 2.45) is 0 Å². The van der Waals surface area contributed by atoms with Crippen LogP contribution in [0.25, 0.3) is 0 Å². The van der Waals surface area contributed by atoms with Crippen LogP contribution >= 0.6 is 0 Å². The average Bonchev–Trinajstić information content (AvgIpc) is 2.10. The van der Waals surface area contributed by atoms with Crippen molar-refractivity contribution in [3.05, 3.63) is 0 Å². The van der Waals surface area contributed by atoms with Crippen LogP contribution in [0, 0.1) is 0 Å². The molecule has 0 fully saturated rings. The SMILES string of the molecule is CC.CCN(CC)CCCO. The van der Waals surface area contributed by atoms with Crippen LogP contribution in [0.4, 0.5) is 0 Å². The quantitative estimate of drug-likeness (QED) is 0.664. The Balaban J connectivity index is 0. The summed E-state index contributed by atoms with van der Waals surface area (Å²) in [7, 11) is 0. The molecule has 0 saturated carbocycles. The molecule has 0 aliphatic rings. The number of rotatable bonds is 5. The molecular weight excluding hydrogens is 138 g/mol. The molecular formula is C9H23NO. The molecule has 0 spiro atoms. The van der Waals surface area contributed by atoms with Gasteiger partial charge in [0, 0.05) is 13.2 Å². The van der Waals surface area contributed by atoms with E-state index in [1.807, 2.05) is 13.8 Å². The molecule has 0 aliphatic carbocycles. The Labute approximate surface area is 71.2 Å². The van der Waals surface area contributed by atoms with Crippen molar-refractivity contribution in [1.82, 2.24) is 4.90 Å². The number of hydrogen-bond donors (Lipinski definition) is 1. The van der Waals surface area contributed by atoms with Crippen LogP contribution in [0.3, 0.4) is 0 Å². The predicted molar refractivity (Wildman–Crippen MR) is 50.8 cm³/mol. The van der Waals surface area contributed by atoms with Gasteiger partial charge in [-0.2, -0.15) is 0 Å². The molecule has 2 heteroatoms. The molecule has 0 radical (unpaired) electrons. The minimum Gasteiger partial charge on any atom is -0.396 e. The van der Waals surface area contributed by atoms with Crippen molar-refractivity contribution in [2.75, 3.05) is 26.2 Å². The van der Waals surface area contributed by atoms with Gasteiger partial charge < -0.3 is 10.0 Å². The summed E-state index contributed by atoms with van der Waals surface area (Å²) in [6.45, 7) is 11.8. The van der Waals surface area contributed by atoms with Gasteiger partial charge in [-0.3, -0.25) is 0 Å². The van der Waals surface area contributed by atoms with Gasteiger partial charge in [0.1, 0.15) is 0 Å². The molecule has 0 unspecified atom stereocenters. The molecule has 0 aromatic carbocycles. The number of nitrogens with zero attached hydrogens (tertiary/aromatic N) is 1. The first kappa shape index (κ1) is 13.5. The van der Waals surface area contributed by atoms with Gasteiger partial charge in [0.05, 0.1) is 0 Å². The van der Waals surface area contributed by atoms with E-state index in [0.717, 1.165) is 26.1 Å². The molecule has 11 heavy (non-hydrogen) atoms. The maximum atomic E-state index is 8.48. The molecule has 0 bridgehead atoms. The fourth-order valence-electron chi connectivity index (χ4n) is 0.834. The van der Waals surface area contributed by atoms with E-state index in [0.29, 0.717) is 6.61 Å². The minimum atomic E-state index is 0.316. The van der Waals surface area contributed by atoms with Crippen molar-refractivity contribution in [2.45, 2.75) is 34.1 Å². The van der Waals surface area contributed by atoms with Gasteiger partial charge in [-0.25, -0.2) is 0 Å². The zero-order valence-electron chi connectivity index (χ0n) is 8.43. The van der Waals surface area contributed by atoms with Gasteiger partial charge >= 0.3 is 0 Å². The van der Waals surface area contributed by atoms with E-state index >= 15 is 0 Å². The summed E-state index contributed by atoms with van der Waals surface area (Å²) in [5, 5.41) is 8.48. The lowest BCUT2D eigenvalue weighted by atomic mass is 10.4.